The Balaban J connectivity index is 1.48. The number of aliphatic hydroxyl groups is 1. The Morgan fingerprint density at radius 3 is 2.61 bits per heavy atom. The average molecular weight is 459 g/mol. The predicted molar refractivity (Wildman–Crippen MR) is 124 cm³/mol. The fraction of sp³-hybridized carbons (Fsp3) is 0.640. The number of hydrogen-bond acceptors (Lipinski definition) is 5. The first kappa shape index (κ1) is 25.1. The molecule has 2 aliphatic rings. The largest absolute Gasteiger partial charge is 0.396 e. The Hall–Kier alpha value is -2.50. The van der Waals surface area contributed by atoms with E-state index in [-0.39, 0.29) is 43.5 Å². The van der Waals surface area contributed by atoms with E-state index in [1.807, 2.05) is 30.3 Å². The zero-order chi connectivity index (χ0) is 23.7. The summed E-state index contributed by atoms with van der Waals surface area (Å²) >= 11 is 0. The van der Waals surface area contributed by atoms with Gasteiger partial charge in [-0.1, -0.05) is 31.4 Å². The van der Waals surface area contributed by atoms with Crippen LogP contribution in [0.2, 0.25) is 0 Å². The number of carbonyl (C=O) groups excluding carboxylic acids is 2. The van der Waals surface area contributed by atoms with Crippen molar-refractivity contribution in [2.75, 3.05) is 25.0 Å². The third kappa shape index (κ3) is 7.24. The maximum Gasteiger partial charge on any atom is 0.237 e. The molecular formula is C25H35FN4O3. The second-order valence-corrected chi connectivity index (χ2v) is 9.29. The quantitative estimate of drug-likeness (QED) is 0.500. The van der Waals surface area contributed by atoms with Crippen molar-refractivity contribution in [3.05, 3.63) is 29.8 Å². The highest BCUT2D eigenvalue weighted by Gasteiger charge is 2.37. The van der Waals surface area contributed by atoms with Crippen LogP contribution in [-0.2, 0) is 16.0 Å². The summed E-state index contributed by atoms with van der Waals surface area (Å²) in [5, 5.41) is 24.5. The van der Waals surface area contributed by atoms with Gasteiger partial charge in [0.15, 0.2) is 0 Å². The van der Waals surface area contributed by atoms with Gasteiger partial charge in [0.2, 0.25) is 11.8 Å². The number of halogens is 1. The van der Waals surface area contributed by atoms with E-state index >= 15 is 0 Å². The highest BCUT2D eigenvalue weighted by molar-refractivity contribution is 5.90. The number of alkyl halides is 1. The van der Waals surface area contributed by atoms with Crippen molar-refractivity contribution in [2.45, 2.75) is 82.0 Å². The lowest BCUT2D eigenvalue weighted by atomic mass is 9.78. The van der Waals surface area contributed by atoms with Gasteiger partial charge in [-0.2, -0.15) is 5.26 Å². The predicted octanol–water partition coefficient (Wildman–Crippen LogP) is 3.09. The van der Waals surface area contributed by atoms with Crippen molar-refractivity contribution >= 4 is 17.5 Å². The van der Waals surface area contributed by atoms with Gasteiger partial charge in [-0.05, 0) is 49.8 Å². The van der Waals surface area contributed by atoms with Crippen LogP contribution in [0.1, 0.15) is 63.4 Å². The number of aliphatic hydroxyl groups excluding tert-OH is 1. The molecule has 3 rings (SSSR count). The van der Waals surface area contributed by atoms with Crippen LogP contribution < -0.4 is 10.6 Å². The van der Waals surface area contributed by atoms with E-state index in [4.69, 9.17) is 5.11 Å². The number of nitrogens with one attached hydrogen (secondary N) is 2. The van der Waals surface area contributed by atoms with E-state index in [2.05, 4.69) is 10.6 Å². The zero-order valence-electron chi connectivity index (χ0n) is 19.2. The van der Waals surface area contributed by atoms with Gasteiger partial charge in [0.25, 0.3) is 0 Å². The second-order valence-electron chi connectivity index (χ2n) is 9.29. The Morgan fingerprint density at radius 2 is 1.94 bits per heavy atom. The first-order chi connectivity index (χ1) is 15.9. The summed E-state index contributed by atoms with van der Waals surface area (Å²) < 4.78 is 13.7. The van der Waals surface area contributed by atoms with Crippen molar-refractivity contribution in [2.24, 2.45) is 0 Å². The number of amides is 2. The summed E-state index contributed by atoms with van der Waals surface area (Å²) in [6, 6.07) is 8.82. The van der Waals surface area contributed by atoms with Gasteiger partial charge in [0.05, 0.1) is 19.2 Å². The molecule has 1 aliphatic heterocycles. The molecule has 0 aromatic heterocycles. The minimum absolute atomic E-state index is 0.00705. The van der Waals surface area contributed by atoms with Crippen molar-refractivity contribution in [3.63, 3.8) is 0 Å². The topological polar surface area (TPSA) is 105 Å². The molecule has 0 bridgehead atoms. The van der Waals surface area contributed by atoms with E-state index in [0.29, 0.717) is 19.3 Å². The number of nitrogens with zero attached hydrogens (tertiary/aromatic N) is 2. The molecule has 2 amide bonds. The fourth-order valence-corrected chi connectivity index (χ4v) is 4.99. The Morgan fingerprint density at radius 1 is 1.21 bits per heavy atom. The number of nitriles is 1. The molecule has 180 valence electrons. The van der Waals surface area contributed by atoms with Crippen LogP contribution in [0.15, 0.2) is 24.3 Å². The van der Waals surface area contributed by atoms with Crippen molar-refractivity contribution in [1.82, 2.24) is 10.2 Å². The minimum Gasteiger partial charge on any atom is -0.396 e. The molecule has 0 spiro atoms. The molecule has 3 N–H and O–H groups in total. The van der Waals surface area contributed by atoms with Crippen LogP contribution in [0.4, 0.5) is 10.1 Å². The second kappa shape index (κ2) is 12.1. The van der Waals surface area contributed by atoms with Gasteiger partial charge in [-0.25, -0.2) is 4.39 Å². The molecule has 33 heavy (non-hydrogen) atoms. The SMILES string of the molecule is N#CC1CC(F)CN1C(=O)CNC1(CCCC(=O)Nc2ccc(CCO)cc2)CCCCC1. The molecule has 1 aliphatic carbocycles. The molecule has 2 atom stereocenters. The van der Waals surface area contributed by atoms with E-state index in [9.17, 15) is 19.2 Å². The van der Waals surface area contributed by atoms with Crippen LogP contribution in [-0.4, -0.2) is 59.3 Å². The average Bonchev–Trinajstić information content (AvgIpc) is 3.20. The molecule has 0 radical (unpaired) electrons. The van der Waals surface area contributed by atoms with Crippen molar-refractivity contribution in [3.8, 4) is 6.07 Å². The lowest BCUT2D eigenvalue weighted by Crippen LogP contribution is -2.51. The number of anilines is 1. The summed E-state index contributed by atoms with van der Waals surface area (Å²) in [5.74, 6) is -0.274. The Kier molecular flexibility index (Phi) is 9.21. The summed E-state index contributed by atoms with van der Waals surface area (Å²) in [7, 11) is 0. The molecule has 1 aromatic rings. The van der Waals surface area contributed by atoms with Crippen LogP contribution in [0.25, 0.3) is 0 Å². The maximum absolute atomic E-state index is 13.7. The number of likely N-dealkylation sites (tertiary alicyclic amines) is 1. The smallest absolute Gasteiger partial charge is 0.237 e. The summed E-state index contributed by atoms with van der Waals surface area (Å²) in [5.41, 5.74) is 1.56. The molecule has 8 heteroatoms. The monoisotopic (exact) mass is 458 g/mol. The van der Waals surface area contributed by atoms with Gasteiger partial charge >= 0.3 is 0 Å². The van der Waals surface area contributed by atoms with Crippen molar-refractivity contribution in [1.29, 1.82) is 5.26 Å². The van der Waals surface area contributed by atoms with Crippen LogP contribution >= 0.6 is 0 Å². The van der Waals surface area contributed by atoms with Crippen molar-refractivity contribution < 1.29 is 19.1 Å². The van der Waals surface area contributed by atoms with E-state index in [1.165, 1.54) is 4.90 Å². The molecule has 2 fully saturated rings. The highest BCUT2D eigenvalue weighted by Crippen LogP contribution is 2.33. The van der Waals surface area contributed by atoms with Crippen LogP contribution in [0.5, 0.6) is 0 Å². The third-order valence-corrected chi connectivity index (χ3v) is 6.84. The van der Waals surface area contributed by atoms with E-state index < -0.39 is 12.2 Å². The molecular weight excluding hydrogens is 423 g/mol. The van der Waals surface area contributed by atoms with Gasteiger partial charge in [-0.3, -0.25) is 9.59 Å². The van der Waals surface area contributed by atoms with E-state index in [1.54, 1.807) is 0 Å². The lowest BCUT2D eigenvalue weighted by Gasteiger charge is -2.39. The minimum atomic E-state index is -1.13. The highest BCUT2D eigenvalue weighted by atomic mass is 19.1. The van der Waals surface area contributed by atoms with Gasteiger partial charge in [0, 0.05) is 30.7 Å². The van der Waals surface area contributed by atoms with Gasteiger partial charge in [-0.15, -0.1) is 0 Å². The van der Waals surface area contributed by atoms with Gasteiger partial charge in [0.1, 0.15) is 12.2 Å². The normalized spacial score (nSPS) is 22.0. The lowest BCUT2D eigenvalue weighted by molar-refractivity contribution is -0.131. The molecule has 1 saturated carbocycles. The number of rotatable bonds is 10. The summed E-state index contributed by atoms with van der Waals surface area (Å²) in [6.45, 7) is 0.185. The molecule has 1 aromatic carbocycles. The van der Waals surface area contributed by atoms with E-state index in [0.717, 1.165) is 49.8 Å². The third-order valence-electron chi connectivity index (χ3n) is 6.84. The first-order valence-electron chi connectivity index (χ1n) is 12.0. The number of carbonyl (C=O) groups is 2. The fourth-order valence-electron chi connectivity index (χ4n) is 4.99. The first-order valence-corrected chi connectivity index (χ1v) is 12.0. The summed E-state index contributed by atoms with van der Waals surface area (Å²) in [4.78, 5) is 26.4. The Bertz CT molecular complexity index is 833. The molecule has 7 nitrogen and oxygen atoms in total. The van der Waals surface area contributed by atoms with Crippen LogP contribution in [0.3, 0.4) is 0 Å². The number of benzene rings is 1. The number of hydrogen-bond donors (Lipinski definition) is 3. The summed E-state index contributed by atoms with van der Waals surface area (Å²) in [6.07, 6.45) is 6.63. The molecule has 2 unspecified atom stereocenters. The molecule has 1 heterocycles. The Labute approximate surface area is 195 Å². The van der Waals surface area contributed by atoms with Crippen LogP contribution in [0, 0.1) is 11.3 Å². The van der Waals surface area contributed by atoms with Gasteiger partial charge < -0.3 is 20.6 Å². The maximum atomic E-state index is 13.7. The standard InChI is InChI=1S/C25H35FN4O3/c26-20-15-22(16-27)30(18-20)24(33)17-28-25(11-2-1-3-12-25)13-4-5-23(32)29-21-8-6-19(7-9-21)10-14-31/h6-9,20,22,28,31H,1-5,10-15,17-18H2,(H,29,32). The zero-order valence-corrected chi connectivity index (χ0v) is 19.2. The molecule has 1 saturated heterocycles.